The summed E-state index contributed by atoms with van der Waals surface area (Å²) in [4.78, 5) is 0. The second-order valence-corrected chi connectivity index (χ2v) is 5.73. The zero-order chi connectivity index (χ0) is 15.6. The van der Waals surface area contributed by atoms with Crippen LogP contribution in [0.2, 0.25) is 0 Å². The summed E-state index contributed by atoms with van der Waals surface area (Å²) in [6, 6.07) is 11.8. The van der Waals surface area contributed by atoms with Gasteiger partial charge in [-0.15, -0.1) is 0 Å². The first-order valence-electron chi connectivity index (χ1n) is 6.43. The molecule has 0 spiro atoms. The number of aryl methyl sites for hydroxylation is 1. The number of halogens is 4. The van der Waals surface area contributed by atoms with Crippen LogP contribution in [0, 0.1) is 6.92 Å². The number of nitrogens with one attached hydrogen (secondary N) is 1. The monoisotopic (exact) mass is 357 g/mol. The van der Waals surface area contributed by atoms with E-state index in [4.69, 9.17) is 0 Å². The van der Waals surface area contributed by atoms with E-state index in [2.05, 4.69) is 21.2 Å². The molecule has 2 aromatic carbocycles. The molecule has 0 saturated carbocycles. The standard InChI is InChI=1S/C16H15BrF3N/c1-10-4-3-5-11(8-10)15(21-2)12-6-7-14(17)13(9-12)16(18,19)20/h3-9,15,21H,1-2H3. The smallest absolute Gasteiger partial charge is 0.309 e. The zero-order valence-electron chi connectivity index (χ0n) is 11.6. The van der Waals surface area contributed by atoms with E-state index in [1.807, 2.05) is 31.2 Å². The maximum atomic E-state index is 13.0. The highest BCUT2D eigenvalue weighted by Gasteiger charge is 2.33. The Labute approximate surface area is 130 Å². The SMILES string of the molecule is CNC(c1cccc(C)c1)c1ccc(Br)c(C(F)(F)F)c1. The van der Waals surface area contributed by atoms with Gasteiger partial charge in [0.25, 0.3) is 0 Å². The fourth-order valence-corrected chi connectivity index (χ4v) is 2.79. The van der Waals surface area contributed by atoms with Crippen LogP contribution in [0.5, 0.6) is 0 Å². The first kappa shape index (κ1) is 16.0. The summed E-state index contributed by atoms with van der Waals surface area (Å²) in [6.45, 7) is 1.96. The number of rotatable bonds is 3. The lowest BCUT2D eigenvalue weighted by atomic mass is 9.96. The normalized spacial score (nSPS) is 13.2. The molecule has 112 valence electrons. The lowest BCUT2D eigenvalue weighted by Crippen LogP contribution is -2.19. The van der Waals surface area contributed by atoms with Gasteiger partial charge in [0.2, 0.25) is 0 Å². The van der Waals surface area contributed by atoms with E-state index in [1.54, 1.807) is 13.1 Å². The molecular formula is C16H15BrF3N. The fourth-order valence-electron chi connectivity index (χ4n) is 2.32. The fraction of sp³-hybridized carbons (Fsp3) is 0.250. The highest BCUT2D eigenvalue weighted by atomic mass is 79.9. The highest BCUT2D eigenvalue weighted by molar-refractivity contribution is 9.10. The summed E-state index contributed by atoms with van der Waals surface area (Å²) >= 11 is 2.96. The summed E-state index contributed by atoms with van der Waals surface area (Å²) in [5, 5.41) is 3.08. The van der Waals surface area contributed by atoms with Gasteiger partial charge in [-0.05, 0) is 37.2 Å². The number of benzene rings is 2. The Morgan fingerprint density at radius 2 is 1.71 bits per heavy atom. The predicted molar refractivity (Wildman–Crippen MR) is 81.2 cm³/mol. The Balaban J connectivity index is 2.49. The van der Waals surface area contributed by atoms with Crippen LogP contribution >= 0.6 is 15.9 Å². The Morgan fingerprint density at radius 3 is 2.29 bits per heavy atom. The molecule has 0 saturated heterocycles. The van der Waals surface area contributed by atoms with Crippen molar-refractivity contribution in [3.8, 4) is 0 Å². The summed E-state index contributed by atoms with van der Waals surface area (Å²) in [5.74, 6) is 0. The van der Waals surface area contributed by atoms with E-state index in [0.717, 1.165) is 11.1 Å². The Morgan fingerprint density at radius 1 is 1.05 bits per heavy atom. The molecule has 2 aromatic rings. The average Bonchev–Trinajstić information content (AvgIpc) is 2.40. The topological polar surface area (TPSA) is 12.0 Å². The molecule has 0 aliphatic rings. The second-order valence-electron chi connectivity index (χ2n) is 4.87. The van der Waals surface area contributed by atoms with Crippen LogP contribution in [-0.4, -0.2) is 7.05 Å². The average molecular weight is 358 g/mol. The van der Waals surface area contributed by atoms with E-state index in [-0.39, 0.29) is 10.5 Å². The minimum atomic E-state index is -4.38. The molecular weight excluding hydrogens is 343 g/mol. The van der Waals surface area contributed by atoms with Gasteiger partial charge in [0.05, 0.1) is 11.6 Å². The largest absolute Gasteiger partial charge is 0.417 e. The van der Waals surface area contributed by atoms with Gasteiger partial charge in [-0.2, -0.15) is 13.2 Å². The second kappa shape index (κ2) is 6.20. The molecule has 1 N–H and O–H groups in total. The molecule has 0 aliphatic heterocycles. The number of alkyl halides is 3. The minimum absolute atomic E-state index is 0.0536. The molecule has 5 heteroatoms. The van der Waals surface area contributed by atoms with Crippen molar-refractivity contribution in [2.24, 2.45) is 0 Å². The van der Waals surface area contributed by atoms with Gasteiger partial charge in [-0.25, -0.2) is 0 Å². The van der Waals surface area contributed by atoms with E-state index >= 15 is 0 Å². The van der Waals surface area contributed by atoms with Crippen LogP contribution in [0.15, 0.2) is 46.9 Å². The van der Waals surface area contributed by atoms with E-state index in [0.29, 0.717) is 5.56 Å². The van der Waals surface area contributed by atoms with Gasteiger partial charge in [0, 0.05) is 4.47 Å². The molecule has 0 amide bonds. The third-order valence-corrected chi connectivity index (χ3v) is 3.98. The van der Waals surface area contributed by atoms with Crippen LogP contribution < -0.4 is 5.32 Å². The van der Waals surface area contributed by atoms with Crippen LogP contribution in [0.4, 0.5) is 13.2 Å². The highest BCUT2D eigenvalue weighted by Crippen LogP contribution is 2.37. The van der Waals surface area contributed by atoms with Crippen molar-refractivity contribution in [3.05, 3.63) is 69.2 Å². The van der Waals surface area contributed by atoms with Crippen LogP contribution in [-0.2, 0) is 6.18 Å². The number of hydrogen-bond acceptors (Lipinski definition) is 1. The molecule has 0 radical (unpaired) electrons. The molecule has 0 aliphatic carbocycles. The molecule has 0 fully saturated rings. The van der Waals surface area contributed by atoms with Crippen molar-refractivity contribution in [2.75, 3.05) is 7.05 Å². The molecule has 0 heterocycles. The van der Waals surface area contributed by atoms with E-state index in [1.165, 1.54) is 12.1 Å². The Hall–Kier alpha value is -1.33. The van der Waals surface area contributed by atoms with Gasteiger partial charge in [-0.1, -0.05) is 51.8 Å². The van der Waals surface area contributed by atoms with Gasteiger partial charge >= 0.3 is 6.18 Å². The molecule has 1 nitrogen and oxygen atoms in total. The first-order chi connectivity index (χ1) is 9.82. The van der Waals surface area contributed by atoms with Crippen LogP contribution in [0.1, 0.15) is 28.3 Å². The van der Waals surface area contributed by atoms with Crippen LogP contribution in [0.3, 0.4) is 0 Å². The van der Waals surface area contributed by atoms with E-state index < -0.39 is 11.7 Å². The Bertz CT molecular complexity index is 638. The number of hydrogen-bond donors (Lipinski definition) is 1. The summed E-state index contributed by atoms with van der Waals surface area (Å²) in [5.41, 5.74) is 1.93. The molecule has 21 heavy (non-hydrogen) atoms. The quantitative estimate of drug-likeness (QED) is 0.806. The molecule has 2 rings (SSSR count). The van der Waals surface area contributed by atoms with Gasteiger partial charge in [0.15, 0.2) is 0 Å². The Kier molecular flexibility index (Phi) is 4.74. The van der Waals surface area contributed by atoms with Gasteiger partial charge in [0.1, 0.15) is 0 Å². The summed E-state index contributed by atoms with van der Waals surface area (Å²) in [6.07, 6.45) is -4.38. The lowest BCUT2D eigenvalue weighted by molar-refractivity contribution is -0.138. The molecule has 0 bridgehead atoms. The lowest BCUT2D eigenvalue weighted by Gasteiger charge is -2.20. The summed E-state index contributed by atoms with van der Waals surface area (Å²) < 4.78 is 39.1. The third-order valence-electron chi connectivity index (χ3n) is 3.29. The van der Waals surface area contributed by atoms with Crippen molar-refractivity contribution in [3.63, 3.8) is 0 Å². The maximum Gasteiger partial charge on any atom is 0.417 e. The van der Waals surface area contributed by atoms with Gasteiger partial charge < -0.3 is 5.32 Å². The van der Waals surface area contributed by atoms with E-state index in [9.17, 15) is 13.2 Å². The molecule has 1 atom stereocenters. The van der Waals surface area contributed by atoms with Crippen molar-refractivity contribution < 1.29 is 13.2 Å². The molecule has 0 aromatic heterocycles. The van der Waals surface area contributed by atoms with Crippen LogP contribution in [0.25, 0.3) is 0 Å². The first-order valence-corrected chi connectivity index (χ1v) is 7.22. The third kappa shape index (κ3) is 3.66. The van der Waals surface area contributed by atoms with Crippen molar-refractivity contribution in [1.82, 2.24) is 5.32 Å². The van der Waals surface area contributed by atoms with Crippen molar-refractivity contribution in [1.29, 1.82) is 0 Å². The maximum absolute atomic E-state index is 13.0. The van der Waals surface area contributed by atoms with Gasteiger partial charge in [-0.3, -0.25) is 0 Å². The van der Waals surface area contributed by atoms with Crippen molar-refractivity contribution >= 4 is 15.9 Å². The minimum Gasteiger partial charge on any atom is -0.309 e. The summed E-state index contributed by atoms with van der Waals surface area (Å²) in [7, 11) is 1.74. The predicted octanol–water partition coefficient (Wildman–Crippen LogP) is 5.09. The molecule has 1 unspecified atom stereocenters. The zero-order valence-corrected chi connectivity index (χ0v) is 13.2. The van der Waals surface area contributed by atoms with Crippen molar-refractivity contribution in [2.45, 2.75) is 19.1 Å².